The fraction of sp³-hybridized carbons (Fsp3) is 0.857. The molecule has 3 fully saturated rings. The molecule has 8 atom stereocenters. The van der Waals surface area contributed by atoms with Crippen molar-refractivity contribution in [2.75, 3.05) is 0 Å². The second-order valence-corrected chi connectivity index (χ2v) is 11.9. The van der Waals surface area contributed by atoms with Crippen molar-refractivity contribution in [2.24, 2.45) is 40.4 Å². The van der Waals surface area contributed by atoms with Crippen molar-refractivity contribution in [1.82, 2.24) is 0 Å². The molecule has 3 saturated carbocycles. The molecule has 0 aromatic heterocycles. The smallest absolute Gasteiger partial charge is 0.302 e. The first-order chi connectivity index (χ1) is 14.7. The van der Waals surface area contributed by atoms with E-state index in [1.54, 1.807) is 5.57 Å². The van der Waals surface area contributed by atoms with Crippen LogP contribution in [-0.2, 0) is 14.3 Å². The van der Waals surface area contributed by atoms with Crippen LogP contribution in [0.4, 0.5) is 0 Å². The van der Waals surface area contributed by atoms with Crippen LogP contribution in [0.5, 0.6) is 0 Å². The van der Waals surface area contributed by atoms with E-state index < -0.39 is 0 Å². The molecule has 0 heterocycles. The number of ether oxygens (including phenoxy) is 1. The van der Waals surface area contributed by atoms with Crippen LogP contribution in [0.1, 0.15) is 105 Å². The monoisotopic (exact) mass is 428 g/mol. The zero-order valence-corrected chi connectivity index (χ0v) is 20.5. The van der Waals surface area contributed by atoms with Crippen LogP contribution in [0, 0.1) is 40.4 Å². The molecule has 4 aliphatic carbocycles. The molecule has 174 valence electrons. The summed E-state index contributed by atoms with van der Waals surface area (Å²) in [6, 6.07) is 0. The Bertz CT molecular complexity index is 739. The van der Waals surface area contributed by atoms with Crippen molar-refractivity contribution >= 4 is 11.8 Å². The zero-order chi connectivity index (χ0) is 22.4. The highest BCUT2D eigenvalue weighted by Gasteiger charge is 2.59. The lowest BCUT2D eigenvalue weighted by atomic mass is 9.47. The predicted molar refractivity (Wildman–Crippen MR) is 124 cm³/mol. The van der Waals surface area contributed by atoms with E-state index in [2.05, 4.69) is 26.8 Å². The highest BCUT2D eigenvalue weighted by Crippen LogP contribution is 2.67. The molecule has 4 rings (SSSR count). The Kier molecular flexibility index (Phi) is 6.45. The minimum Gasteiger partial charge on any atom is -0.462 e. The summed E-state index contributed by atoms with van der Waals surface area (Å²) < 4.78 is 5.59. The number of carbonyl (C=O) groups is 2. The molecule has 3 heteroatoms. The second kappa shape index (κ2) is 8.67. The van der Waals surface area contributed by atoms with E-state index in [4.69, 9.17) is 4.74 Å². The van der Waals surface area contributed by atoms with E-state index in [0.717, 1.165) is 49.4 Å². The van der Waals surface area contributed by atoms with Gasteiger partial charge in [0.05, 0.1) is 0 Å². The van der Waals surface area contributed by atoms with Crippen molar-refractivity contribution in [2.45, 2.75) is 111 Å². The number of hydrogen-bond donors (Lipinski definition) is 0. The lowest BCUT2D eigenvalue weighted by molar-refractivity contribution is -0.148. The largest absolute Gasteiger partial charge is 0.462 e. The van der Waals surface area contributed by atoms with E-state index in [0.29, 0.717) is 29.0 Å². The molecule has 0 radical (unpaired) electrons. The Labute approximate surface area is 189 Å². The molecular weight excluding hydrogens is 384 g/mol. The lowest BCUT2D eigenvalue weighted by Crippen LogP contribution is -2.51. The fourth-order valence-corrected chi connectivity index (χ4v) is 8.70. The van der Waals surface area contributed by atoms with Crippen molar-refractivity contribution in [3.8, 4) is 0 Å². The van der Waals surface area contributed by atoms with Gasteiger partial charge in [-0.05, 0) is 91.8 Å². The number of esters is 1. The molecule has 0 aromatic carbocycles. The predicted octanol–water partition coefficient (Wildman–Crippen LogP) is 6.89. The lowest BCUT2D eigenvalue weighted by Gasteiger charge is -2.58. The topological polar surface area (TPSA) is 43.4 Å². The summed E-state index contributed by atoms with van der Waals surface area (Å²) in [7, 11) is 0. The summed E-state index contributed by atoms with van der Waals surface area (Å²) in [4.78, 5) is 23.4. The summed E-state index contributed by atoms with van der Waals surface area (Å²) in [5, 5.41) is 0. The third-order valence-corrected chi connectivity index (χ3v) is 10.4. The van der Waals surface area contributed by atoms with Gasteiger partial charge in [0.25, 0.3) is 0 Å². The average Bonchev–Trinajstić information content (AvgIpc) is 3.09. The third kappa shape index (κ3) is 4.04. The number of fused-ring (bicyclic) bond motifs is 5. The molecule has 31 heavy (non-hydrogen) atoms. The number of ketones is 1. The standard InChI is InChI=1S/C28H44O3/c1-6-21(30)9-7-18(2)24-11-12-25-23-10-8-20-17-22(31-19(3)29)13-15-27(20,4)26(23)14-16-28(24,25)5/h8,18,22-26H,6-7,9-17H2,1-5H3/t18-,22+,23+,24-,25+,26+,27+,28-/m1/s1. The Morgan fingerprint density at radius 1 is 1.13 bits per heavy atom. The SMILES string of the molecule is CCC(=O)CC[C@@H](C)[C@H]1CC[C@H]2[C@@H]3CC=C4C[C@@H](OC(C)=O)CC[C@]4(C)[C@H]3CC[C@]12C. The summed E-state index contributed by atoms with van der Waals surface area (Å²) in [6.07, 6.45) is 15.0. The molecule has 0 unspecified atom stereocenters. The Morgan fingerprint density at radius 3 is 2.61 bits per heavy atom. The molecule has 0 spiro atoms. The summed E-state index contributed by atoms with van der Waals surface area (Å²) in [6.45, 7) is 11.1. The first-order valence-corrected chi connectivity index (χ1v) is 13.1. The van der Waals surface area contributed by atoms with E-state index in [1.807, 2.05) is 6.92 Å². The van der Waals surface area contributed by atoms with Gasteiger partial charge in [0, 0.05) is 26.2 Å². The Balaban J connectivity index is 1.48. The van der Waals surface area contributed by atoms with Gasteiger partial charge in [-0.3, -0.25) is 9.59 Å². The van der Waals surface area contributed by atoms with Crippen LogP contribution in [0.3, 0.4) is 0 Å². The minimum atomic E-state index is -0.136. The maximum Gasteiger partial charge on any atom is 0.302 e. The zero-order valence-electron chi connectivity index (χ0n) is 20.5. The van der Waals surface area contributed by atoms with E-state index >= 15 is 0 Å². The number of Topliss-reactive ketones (excluding diaryl/α,β-unsaturated/α-hetero) is 1. The summed E-state index contributed by atoms with van der Waals surface area (Å²) in [5.74, 6) is 4.17. The molecule has 0 N–H and O–H groups in total. The van der Waals surface area contributed by atoms with Crippen molar-refractivity contribution in [1.29, 1.82) is 0 Å². The first kappa shape index (κ1) is 23.1. The molecule has 0 amide bonds. The molecule has 0 saturated heterocycles. The quantitative estimate of drug-likeness (QED) is 0.342. The summed E-state index contributed by atoms with van der Waals surface area (Å²) >= 11 is 0. The molecule has 0 aromatic rings. The van der Waals surface area contributed by atoms with Crippen LogP contribution in [-0.4, -0.2) is 17.9 Å². The van der Waals surface area contributed by atoms with E-state index in [1.165, 1.54) is 45.4 Å². The highest BCUT2D eigenvalue weighted by molar-refractivity contribution is 5.77. The van der Waals surface area contributed by atoms with Gasteiger partial charge in [-0.25, -0.2) is 0 Å². The van der Waals surface area contributed by atoms with E-state index in [-0.39, 0.29) is 12.1 Å². The number of carbonyl (C=O) groups excluding carboxylic acids is 2. The number of hydrogen-bond acceptors (Lipinski definition) is 3. The molecule has 3 nitrogen and oxygen atoms in total. The van der Waals surface area contributed by atoms with Crippen LogP contribution >= 0.6 is 0 Å². The number of rotatable bonds is 6. The van der Waals surface area contributed by atoms with Crippen LogP contribution in [0.25, 0.3) is 0 Å². The van der Waals surface area contributed by atoms with Crippen LogP contribution < -0.4 is 0 Å². The van der Waals surface area contributed by atoms with Crippen LogP contribution in [0.2, 0.25) is 0 Å². The van der Waals surface area contributed by atoms with Gasteiger partial charge in [0.15, 0.2) is 0 Å². The van der Waals surface area contributed by atoms with Gasteiger partial charge in [0.2, 0.25) is 0 Å². The van der Waals surface area contributed by atoms with Gasteiger partial charge in [-0.2, -0.15) is 0 Å². The third-order valence-electron chi connectivity index (χ3n) is 10.4. The van der Waals surface area contributed by atoms with Crippen LogP contribution in [0.15, 0.2) is 11.6 Å². The number of allylic oxidation sites excluding steroid dienone is 1. The fourth-order valence-electron chi connectivity index (χ4n) is 8.70. The first-order valence-electron chi connectivity index (χ1n) is 13.1. The second-order valence-electron chi connectivity index (χ2n) is 11.9. The maximum atomic E-state index is 11.9. The van der Waals surface area contributed by atoms with Crippen molar-refractivity contribution in [3.05, 3.63) is 11.6 Å². The van der Waals surface area contributed by atoms with Gasteiger partial charge in [-0.1, -0.05) is 39.3 Å². The van der Waals surface area contributed by atoms with Gasteiger partial charge in [-0.15, -0.1) is 0 Å². The summed E-state index contributed by atoms with van der Waals surface area (Å²) in [5.41, 5.74) is 2.33. The molecule has 0 aliphatic heterocycles. The van der Waals surface area contributed by atoms with Gasteiger partial charge in [0.1, 0.15) is 11.9 Å². The molecular formula is C28H44O3. The molecule has 4 aliphatic rings. The van der Waals surface area contributed by atoms with E-state index in [9.17, 15) is 9.59 Å². The minimum absolute atomic E-state index is 0.0878. The Morgan fingerprint density at radius 2 is 1.90 bits per heavy atom. The average molecular weight is 429 g/mol. The normalized spacial score (nSPS) is 42.6. The van der Waals surface area contributed by atoms with Crippen molar-refractivity contribution in [3.63, 3.8) is 0 Å². The van der Waals surface area contributed by atoms with Crippen molar-refractivity contribution < 1.29 is 14.3 Å². The Hall–Kier alpha value is -1.12. The van der Waals surface area contributed by atoms with Gasteiger partial charge >= 0.3 is 5.97 Å². The highest BCUT2D eigenvalue weighted by atomic mass is 16.5. The maximum absolute atomic E-state index is 11.9. The van der Waals surface area contributed by atoms with Gasteiger partial charge < -0.3 is 4.74 Å². The molecule has 0 bridgehead atoms.